The van der Waals surface area contributed by atoms with E-state index in [2.05, 4.69) is 15.1 Å². The van der Waals surface area contributed by atoms with Crippen LogP contribution in [0, 0.1) is 0 Å². The summed E-state index contributed by atoms with van der Waals surface area (Å²) in [6, 6.07) is 0. The Morgan fingerprint density at radius 1 is 1.38 bits per heavy atom. The molecule has 0 aromatic carbocycles. The van der Waals surface area contributed by atoms with Crippen LogP contribution in [-0.4, -0.2) is 31.6 Å². The van der Waals surface area contributed by atoms with Gasteiger partial charge >= 0.3 is 0 Å². The fourth-order valence-electron chi connectivity index (χ4n) is 1.90. The van der Waals surface area contributed by atoms with Crippen LogP contribution in [0.1, 0.15) is 28.9 Å². The molecule has 2 aromatic rings. The van der Waals surface area contributed by atoms with E-state index in [1.165, 1.54) is 11.8 Å². The first-order chi connectivity index (χ1) is 7.78. The molecule has 0 amide bonds. The molecule has 1 aliphatic carbocycles. The minimum absolute atomic E-state index is 0.164. The Kier molecular flexibility index (Phi) is 2.17. The van der Waals surface area contributed by atoms with Crippen LogP contribution in [0.5, 0.6) is 0 Å². The summed E-state index contributed by atoms with van der Waals surface area (Å²) in [6.45, 7) is 0. The number of Topliss-reactive ketones (excluding diaryl/α,β-unsaturated/α-hetero) is 1. The van der Waals surface area contributed by atoms with E-state index in [1.807, 2.05) is 6.26 Å². The van der Waals surface area contributed by atoms with Gasteiger partial charge in [-0.25, -0.2) is 9.50 Å². The van der Waals surface area contributed by atoms with Crippen molar-refractivity contribution >= 4 is 23.3 Å². The zero-order chi connectivity index (χ0) is 11.1. The number of rotatable bonds is 1. The van der Waals surface area contributed by atoms with Gasteiger partial charge in [0.1, 0.15) is 0 Å². The molecule has 5 nitrogen and oxygen atoms in total. The van der Waals surface area contributed by atoms with Crippen LogP contribution in [0.4, 0.5) is 0 Å². The third kappa shape index (κ3) is 1.41. The molecular formula is C10H10N4OS. The highest BCUT2D eigenvalue weighted by molar-refractivity contribution is 7.98. The fourth-order valence-corrected chi connectivity index (χ4v) is 2.24. The molecule has 0 radical (unpaired) electrons. The number of ketones is 1. The highest BCUT2D eigenvalue weighted by Gasteiger charge is 2.20. The van der Waals surface area contributed by atoms with Gasteiger partial charge in [0.15, 0.2) is 5.78 Å². The number of aryl methyl sites for hydroxylation is 1. The number of carbonyl (C=O) groups is 1. The lowest BCUT2D eigenvalue weighted by Gasteiger charge is -2.12. The predicted octanol–water partition coefficient (Wildman–Crippen LogP) is 1.37. The summed E-state index contributed by atoms with van der Waals surface area (Å²) in [7, 11) is 0. The van der Waals surface area contributed by atoms with Crippen molar-refractivity contribution in [2.24, 2.45) is 0 Å². The van der Waals surface area contributed by atoms with Gasteiger partial charge < -0.3 is 0 Å². The van der Waals surface area contributed by atoms with Gasteiger partial charge in [0, 0.05) is 12.6 Å². The van der Waals surface area contributed by atoms with Crippen LogP contribution in [0.2, 0.25) is 0 Å². The largest absolute Gasteiger partial charge is 0.294 e. The molecule has 2 aromatic heterocycles. The van der Waals surface area contributed by atoms with E-state index in [0.717, 1.165) is 18.5 Å². The van der Waals surface area contributed by atoms with Crippen molar-refractivity contribution in [2.75, 3.05) is 6.26 Å². The number of carbonyl (C=O) groups excluding carboxylic acids is 1. The third-order valence-corrected chi connectivity index (χ3v) is 3.23. The lowest BCUT2D eigenvalue weighted by Crippen LogP contribution is -2.14. The summed E-state index contributed by atoms with van der Waals surface area (Å²) in [5, 5.41) is 4.91. The molecule has 1 aliphatic rings. The normalized spacial score (nSPS) is 15.4. The molecule has 0 spiro atoms. The maximum Gasteiger partial charge on any atom is 0.253 e. The number of aromatic nitrogens is 4. The summed E-state index contributed by atoms with van der Waals surface area (Å²) in [5.74, 6) is 0.745. The quantitative estimate of drug-likeness (QED) is 0.697. The van der Waals surface area contributed by atoms with Gasteiger partial charge in [-0.1, -0.05) is 11.8 Å². The van der Waals surface area contributed by atoms with E-state index in [0.29, 0.717) is 22.9 Å². The second kappa shape index (κ2) is 3.55. The summed E-state index contributed by atoms with van der Waals surface area (Å²) in [5.41, 5.74) is 1.57. The average molecular weight is 234 g/mol. The average Bonchev–Trinajstić information content (AvgIpc) is 2.69. The van der Waals surface area contributed by atoms with Crippen LogP contribution in [0.3, 0.4) is 0 Å². The molecule has 0 saturated heterocycles. The molecule has 82 valence electrons. The van der Waals surface area contributed by atoms with Crippen LogP contribution in [0.25, 0.3) is 5.78 Å². The van der Waals surface area contributed by atoms with E-state index in [1.54, 1.807) is 10.7 Å². The maximum atomic E-state index is 11.7. The van der Waals surface area contributed by atoms with Crippen LogP contribution in [-0.2, 0) is 6.42 Å². The second-order valence-corrected chi connectivity index (χ2v) is 4.49. The maximum absolute atomic E-state index is 11.7. The molecule has 0 bridgehead atoms. The first-order valence-electron chi connectivity index (χ1n) is 5.11. The Bertz CT molecular complexity index is 577. The number of thioether (sulfide) groups is 1. The standard InChI is InChI=1S/C10H10N4OS/c1-16-10-12-9-11-7-3-2-4-8(15)6(7)5-14(9)13-10/h5H,2-4H2,1H3. The molecule has 6 heteroatoms. The highest BCUT2D eigenvalue weighted by Crippen LogP contribution is 2.20. The van der Waals surface area contributed by atoms with Crippen molar-refractivity contribution in [1.82, 2.24) is 19.6 Å². The lowest BCUT2D eigenvalue weighted by molar-refractivity contribution is 0.0971. The Labute approximate surface area is 96.3 Å². The zero-order valence-electron chi connectivity index (χ0n) is 8.80. The van der Waals surface area contributed by atoms with E-state index >= 15 is 0 Å². The minimum Gasteiger partial charge on any atom is -0.294 e. The summed E-state index contributed by atoms with van der Waals surface area (Å²) in [4.78, 5) is 20.3. The van der Waals surface area contributed by atoms with Gasteiger partial charge in [-0.3, -0.25) is 4.79 Å². The van der Waals surface area contributed by atoms with E-state index in [-0.39, 0.29) is 5.78 Å². The Hall–Kier alpha value is -1.43. The molecular weight excluding hydrogens is 224 g/mol. The Morgan fingerprint density at radius 2 is 2.25 bits per heavy atom. The molecule has 2 heterocycles. The van der Waals surface area contributed by atoms with Crippen molar-refractivity contribution in [3.05, 3.63) is 17.5 Å². The van der Waals surface area contributed by atoms with Gasteiger partial charge in [-0.05, 0) is 19.1 Å². The van der Waals surface area contributed by atoms with Crippen LogP contribution < -0.4 is 0 Å². The molecule has 3 rings (SSSR count). The van der Waals surface area contributed by atoms with Gasteiger partial charge in [-0.2, -0.15) is 4.98 Å². The van der Waals surface area contributed by atoms with Gasteiger partial charge in [0.2, 0.25) is 5.16 Å². The minimum atomic E-state index is 0.164. The predicted molar refractivity (Wildman–Crippen MR) is 59.8 cm³/mol. The Balaban J connectivity index is 2.24. The molecule has 0 unspecified atom stereocenters. The van der Waals surface area contributed by atoms with E-state index < -0.39 is 0 Å². The van der Waals surface area contributed by atoms with Crippen molar-refractivity contribution < 1.29 is 4.79 Å². The smallest absolute Gasteiger partial charge is 0.253 e. The van der Waals surface area contributed by atoms with E-state index in [9.17, 15) is 4.79 Å². The summed E-state index contributed by atoms with van der Waals surface area (Å²) in [6.07, 6.45) is 6.04. The number of nitrogens with zero attached hydrogens (tertiary/aromatic N) is 4. The monoisotopic (exact) mass is 234 g/mol. The number of hydrogen-bond donors (Lipinski definition) is 0. The number of hydrogen-bond acceptors (Lipinski definition) is 5. The third-order valence-electron chi connectivity index (χ3n) is 2.69. The van der Waals surface area contributed by atoms with Crippen LogP contribution >= 0.6 is 11.8 Å². The second-order valence-electron chi connectivity index (χ2n) is 3.72. The molecule has 16 heavy (non-hydrogen) atoms. The highest BCUT2D eigenvalue weighted by atomic mass is 32.2. The molecule has 0 fully saturated rings. The van der Waals surface area contributed by atoms with Crippen LogP contribution in [0.15, 0.2) is 11.4 Å². The summed E-state index contributed by atoms with van der Waals surface area (Å²) < 4.78 is 1.59. The topological polar surface area (TPSA) is 60.1 Å². The molecule has 0 aliphatic heterocycles. The van der Waals surface area contributed by atoms with Crippen molar-refractivity contribution in [3.63, 3.8) is 0 Å². The lowest BCUT2D eigenvalue weighted by atomic mass is 9.96. The SMILES string of the molecule is CSc1nc2nc3c(cn2n1)C(=O)CCC3. The van der Waals surface area contributed by atoms with Crippen molar-refractivity contribution in [1.29, 1.82) is 0 Å². The molecule has 0 atom stereocenters. The van der Waals surface area contributed by atoms with Crippen molar-refractivity contribution in [2.45, 2.75) is 24.4 Å². The summed E-state index contributed by atoms with van der Waals surface area (Å²) >= 11 is 1.47. The first kappa shape index (κ1) is 9.77. The van der Waals surface area contributed by atoms with Gasteiger partial charge in [0.25, 0.3) is 5.78 Å². The van der Waals surface area contributed by atoms with Gasteiger partial charge in [-0.15, -0.1) is 5.10 Å². The van der Waals surface area contributed by atoms with Gasteiger partial charge in [0.05, 0.1) is 11.3 Å². The first-order valence-corrected chi connectivity index (χ1v) is 6.34. The Morgan fingerprint density at radius 3 is 3.06 bits per heavy atom. The molecule has 0 saturated carbocycles. The zero-order valence-corrected chi connectivity index (χ0v) is 9.62. The van der Waals surface area contributed by atoms with Crippen molar-refractivity contribution in [3.8, 4) is 0 Å². The number of fused-ring (bicyclic) bond motifs is 2. The molecule has 0 N–H and O–H groups in total. The van der Waals surface area contributed by atoms with E-state index in [4.69, 9.17) is 0 Å². The fraction of sp³-hybridized carbons (Fsp3) is 0.400.